The van der Waals surface area contributed by atoms with Crippen molar-refractivity contribution in [3.05, 3.63) is 60.2 Å². The van der Waals surface area contributed by atoms with Crippen molar-refractivity contribution in [2.75, 3.05) is 0 Å². The lowest BCUT2D eigenvalue weighted by molar-refractivity contribution is -0.194. The molecule has 14 heteroatoms. The van der Waals surface area contributed by atoms with E-state index in [1.165, 1.54) is 32.9 Å². The lowest BCUT2D eigenvalue weighted by Crippen LogP contribution is -2.59. The molecule has 0 aliphatic heterocycles. The average molecular weight is 745 g/mol. The normalized spacial score (nSPS) is 32.6. The second-order valence-electron chi connectivity index (χ2n) is 15.0. The van der Waals surface area contributed by atoms with Gasteiger partial charge in [0.25, 0.3) is 0 Å². The molecular formula is C39H52O14. The van der Waals surface area contributed by atoms with E-state index in [0.717, 1.165) is 27.7 Å². The molecule has 3 rings (SSSR count). The molecule has 10 atom stereocenters. The third-order valence-corrected chi connectivity index (χ3v) is 9.56. The fourth-order valence-corrected chi connectivity index (χ4v) is 7.30. The molecule has 2 unspecified atom stereocenters. The van der Waals surface area contributed by atoms with Crippen molar-refractivity contribution in [2.45, 2.75) is 123 Å². The molecule has 0 bridgehead atoms. The number of benzene rings is 1. The minimum Gasteiger partial charge on any atom is -0.459 e. The van der Waals surface area contributed by atoms with Crippen LogP contribution in [0.3, 0.4) is 0 Å². The molecule has 1 aromatic rings. The van der Waals surface area contributed by atoms with Crippen molar-refractivity contribution in [3.8, 4) is 0 Å². The standard InChI is InChI=1S/C39H52O14/c1-20(2)35(45)51-31-22(4)30(48-23(5)40)28-33(52-36(46)27-15-13-12-14-16-27)38(11,53-26(8)43)19-39(28,47)32(49-24(6)41)21(3)17-18-37(9,10)34(29(31)44)50-25(7)42/h12-18,20-21,28-34,44,47H,4,19H2,1-3,5-11H3/t21-,28-,29+,30?,31-,32-,33+,34?,38+,39+/m0/s1. The molecule has 0 aromatic heterocycles. The first-order chi connectivity index (χ1) is 24.4. The maximum Gasteiger partial charge on any atom is 0.338 e. The Labute approximate surface area is 309 Å². The molecule has 0 spiro atoms. The number of hydrogen-bond acceptors (Lipinski definition) is 14. The van der Waals surface area contributed by atoms with Crippen LogP contribution in [0.15, 0.2) is 54.6 Å². The van der Waals surface area contributed by atoms with E-state index >= 15 is 0 Å². The Balaban J connectivity index is 2.51. The summed E-state index contributed by atoms with van der Waals surface area (Å²) in [5.41, 5.74) is -5.69. The minimum absolute atomic E-state index is 0.0857. The van der Waals surface area contributed by atoms with Gasteiger partial charge in [0.05, 0.1) is 17.4 Å². The highest BCUT2D eigenvalue weighted by molar-refractivity contribution is 5.89. The van der Waals surface area contributed by atoms with Gasteiger partial charge in [-0.3, -0.25) is 24.0 Å². The lowest BCUT2D eigenvalue weighted by atomic mass is 9.71. The van der Waals surface area contributed by atoms with Crippen molar-refractivity contribution in [1.82, 2.24) is 0 Å². The summed E-state index contributed by atoms with van der Waals surface area (Å²) in [6.45, 7) is 17.9. The summed E-state index contributed by atoms with van der Waals surface area (Å²) in [6, 6.07) is 7.80. The summed E-state index contributed by atoms with van der Waals surface area (Å²) >= 11 is 0. The summed E-state index contributed by atoms with van der Waals surface area (Å²) in [5, 5.41) is 25.2. The van der Waals surface area contributed by atoms with Crippen molar-refractivity contribution in [2.24, 2.45) is 23.2 Å². The fourth-order valence-electron chi connectivity index (χ4n) is 7.30. The maximum atomic E-state index is 13.8. The summed E-state index contributed by atoms with van der Waals surface area (Å²) in [4.78, 5) is 78.0. The van der Waals surface area contributed by atoms with Gasteiger partial charge in [-0.05, 0) is 19.1 Å². The molecule has 292 valence electrons. The van der Waals surface area contributed by atoms with E-state index in [4.69, 9.17) is 28.4 Å². The Bertz CT molecular complexity index is 1600. The molecule has 2 aliphatic rings. The number of hydrogen-bond donors (Lipinski definition) is 2. The van der Waals surface area contributed by atoms with Crippen LogP contribution in [-0.2, 0) is 52.4 Å². The molecule has 2 aliphatic carbocycles. The first-order valence-electron chi connectivity index (χ1n) is 17.4. The third kappa shape index (κ3) is 9.71. The summed E-state index contributed by atoms with van der Waals surface area (Å²) in [5.74, 6) is -8.37. The minimum atomic E-state index is -2.36. The highest BCUT2D eigenvalue weighted by Gasteiger charge is 2.70. The first-order valence-corrected chi connectivity index (χ1v) is 17.4. The van der Waals surface area contributed by atoms with Crippen molar-refractivity contribution >= 4 is 35.8 Å². The molecule has 0 heterocycles. The van der Waals surface area contributed by atoms with Crippen molar-refractivity contribution in [3.63, 3.8) is 0 Å². The second-order valence-corrected chi connectivity index (χ2v) is 15.0. The molecule has 2 N–H and O–H groups in total. The molecule has 53 heavy (non-hydrogen) atoms. The van der Waals surface area contributed by atoms with Gasteiger partial charge >= 0.3 is 35.8 Å². The van der Waals surface area contributed by atoms with E-state index in [0.29, 0.717) is 0 Å². The van der Waals surface area contributed by atoms with E-state index in [1.807, 2.05) is 0 Å². The Hall–Kier alpha value is -4.56. The van der Waals surface area contributed by atoms with E-state index in [-0.39, 0.29) is 11.1 Å². The molecule has 1 saturated carbocycles. The van der Waals surface area contributed by atoms with Crippen LogP contribution in [0.25, 0.3) is 0 Å². The largest absolute Gasteiger partial charge is 0.459 e. The van der Waals surface area contributed by atoms with Gasteiger partial charge in [-0.1, -0.05) is 71.5 Å². The maximum absolute atomic E-state index is 13.8. The number of aliphatic hydroxyl groups is 2. The SMILES string of the molecule is C=C1C(OC(C)=O)[C@H]2[C@@H](OC(=O)c3ccccc3)[C@](C)(OC(C)=O)C[C@]2(O)[C@@H](OC(C)=O)[C@@H](C)C=CC(C)(C)C(OC(C)=O)[C@H](O)[C@H]1OC(=O)C(C)C. The highest BCUT2D eigenvalue weighted by atomic mass is 16.6. The molecule has 0 amide bonds. The topological polar surface area (TPSA) is 198 Å². The van der Waals surface area contributed by atoms with Gasteiger partial charge in [0.1, 0.15) is 35.6 Å². The first kappa shape index (κ1) is 42.8. The van der Waals surface area contributed by atoms with Gasteiger partial charge in [-0.2, -0.15) is 0 Å². The van der Waals surface area contributed by atoms with Crippen LogP contribution in [-0.4, -0.2) is 93.9 Å². The van der Waals surface area contributed by atoms with Gasteiger partial charge in [-0.25, -0.2) is 4.79 Å². The third-order valence-electron chi connectivity index (χ3n) is 9.56. The van der Waals surface area contributed by atoms with Crippen molar-refractivity contribution < 1.29 is 67.4 Å². The van der Waals surface area contributed by atoms with Gasteiger partial charge in [0, 0.05) is 51.0 Å². The van der Waals surface area contributed by atoms with E-state index in [9.17, 15) is 39.0 Å². The van der Waals surface area contributed by atoms with Gasteiger partial charge in [0.15, 0.2) is 12.2 Å². The van der Waals surface area contributed by atoms with E-state index < -0.39 is 113 Å². The Morgan fingerprint density at radius 3 is 1.83 bits per heavy atom. The van der Waals surface area contributed by atoms with Crippen LogP contribution in [0.2, 0.25) is 0 Å². The van der Waals surface area contributed by atoms with Gasteiger partial charge in [0.2, 0.25) is 0 Å². The van der Waals surface area contributed by atoms with Crippen LogP contribution in [0, 0.1) is 23.2 Å². The number of carbonyl (C=O) groups excluding carboxylic acids is 6. The summed E-state index contributed by atoms with van der Waals surface area (Å²) in [6.07, 6.45) is -7.41. The quantitative estimate of drug-likeness (QED) is 0.221. The Morgan fingerprint density at radius 2 is 1.32 bits per heavy atom. The van der Waals surface area contributed by atoms with Crippen LogP contribution >= 0.6 is 0 Å². The fraction of sp³-hybridized carbons (Fsp3) is 0.590. The molecule has 1 fully saturated rings. The van der Waals surface area contributed by atoms with Crippen LogP contribution < -0.4 is 0 Å². The molecule has 1 aromatic carbocycles. The molecule has 0 radical (unpaired) electrons. The predicted molar refractivity (Wildman–Crippen MR) is 187 cm³/mol. The lowest BCUT2D eigenvalue weighted by Gasteiger charge is -2.45. The number of esters is 6. The zero-order valence-electron chi connectivity index (χ0n) is 31.9. The number of fused-ring (bicyclic) bond motifs is 1. The van der Waals surface area contributed by atoms with Gasteiger partial charge < -0.3 is 38.6 Å². The van der Waals surface area contributed by atoms with Crippen LogP contribution in [0.5, 0.6) is 0 Å². The zero-order chi connectivity index (χ0) is 40.2. The summed E-state index contributed by atoms with van der Waals surface area (Å²) < 4.78 is 35.1. The summed E-state index contributed by atoms with van der Waals surface area (Å²) in [7, 11) is 0. The molecule has 0 saturated heterocycles. The van der Waals surface area contributed by atoms with E-state index in [2.05, 4.69) is 6.58 Å². The van der Waals surface area contributed by atoms with E-state index in [1.54, 1.807) is 51.1 Å². The highest BCUT2D eigenvalue weighted by Crippen LogP contribution is 2.54. The Morgan fingerprint density at radius 1 is 0.774 bits per heavy atom. The van der Waals surface area contributed by atoms with Gasteiger partial charge in [-0.15, -0.1) is 0 Å². The predicted octanol–water partition coefficient (Wildman–Crippen LogP) is 3.80. The van der Waals surface area contributed by atoms with Crippen LogP contribution in [0.4, 0.5) is 0 Å². The molecule has 14 nitrogen and oxygen atoms in total. The Kier molecular flexibility index (Phi) is 13.4. The number of rotatable bonds is 8. The number of ether oxygens (including phenoxy) is 6. The monoisotopic (exact) mass is 744 g/mol. The van der Waals surface area contributed by atoms with Crippen molar-refractivity contribution in [1.29, 1.82) is 0 Å². The van der Waals surface area contributed by atoms with Crippen LogP contribution in [0.1, 0.15) is 86.0 Å². The number of carbonyl (C=O) groups is 6. The second kappa shape index (κ2) is 16.6. The number of aliphatic hydroxyl groups excluding tert-OH is 1. The smallest absolute Gasteiger partial charge is 0.338 e. The zero-order valence-corrected chi connectivity index (χ0v) is 31.9. The average Bonchev–Trinajstić information content (AvgIpc) is 3.26. The molecular weight excluding hydrogens is 692 g/mol.